The number of carbonyl (C=O) groups is 1. The summed E-state index contributed by atoms with van der Waals surface area (Å²) in [6.07, 6.45) is 4.89. The second-order valence-corrected chi connectivity index (χ2v) is 5.60. The van der Waals surface area contributed by atoms with Crippen molar-refractivity contribution in [3.63, 3.8) is 0 Å². The molecule has 0 aromatic rings. The molecule has 2 aliphatic rings. The molecule has 0 saturated heterocycles. The molecule has 0 aromatic carbocycles. The third-order valence-corrected chi connectivity index (χ3v) is 4.60. The van der Waals surface area contributed by atoms with E-state index >= 15 is 0 Å². The normalized spacial score (nSPS) is 34.6. The highest BCUT2D eigenvalue weighted by atomic mass is 16.5. The molecule has 4 heteroatoms. The van der Waals surface area contributed by atoms with E-state index in [0.717, 1.165) is 11.8 Å². The van der Waals surface area contributed by atoms with Crippen LogP contribution in [0.2, 0.25) is 0 Å². The van der Waals surface area contributed by atoms with Gasteiger partial charge in [-0.1, -0.05) is 6.42 Å². The van der Waals surface area contributed by atoms with E-state index in [2.05, 4.69) is 12.2 Å². The van der Waals surface area contributed by atoms with Crippen molar-refractivity contribution >= 4 is 5.91 Å². The van der Waals surface area contributed by atoms with Gasteiger partial charge in [-0.25, -0.2) is 0 Å². The Morgan fingerprint density at radius 1 is 1.47 bits per heavy atom. The lowest BCUT2D eigenvalue weighted by atomic mass is 9.84. The second kappa shape index (κ2) is 5.36. The number of amides is 1. The second-order valence-electron chi connectivity index (χ2n) is 5.60. The lowest BCUT2D eigenvalue weighted by Crippen LogP contribution is -2.47. The zero-order chi connectivity index (χ0) is 12.4. The molecule has 2 fully saturated rings. The highest BCUT2D eigenvalue weighted by Crippen LogP contribution is 2.49. The van der Waals surface area contributed by atoms with Gasteiger partial charge in [0.25, 0.3) is 5.91 Å². The van der Waals surface area contributed by atoms with Crippen LogP contribution in [0.3, 0.4) is 0 Å². The number of hydrogen-bond acceptors (Lipinski definition) is 3. The third kappa shape index (κ3) is 2.63. The minimum atomic E-state index is -0.504. The van der Waals surface area contributed by atoms with Gasteiger partial charge in [0.1, 0.15) is 6.10 Å². The average molecular weight is 240 g/mol. The van der Waals surface area contributed by atoms with Gasteiger partial charge in [-0.2, -0.15) is 0 Å². The molecule has 0 radical (unpaired) electrons. The molecule has 5 unspecified atom stereocenters. The highest BCUT2D eigenvalue weighted by molar-refractivity contribution is 5.81. The lowest BCUT2D eigenvalue weighted by molar-refractivity contribution is -0.131. The van der Waals surface area contributed by atoms with E-state index in [1.807, 2.05) is 0 Å². The number of ether oxygens (including phenoxy) is 1. The van der Waals surface area contributed by atoms with Crippen molar-refractivity contribution in [2.75, 3.05) is 13.7 Å². The molecule has 0 aromatic heterocycles. The number of hydrogen-bond donors (Lipinski definition) is 2. The monoisotopic (exact) mass is 240 g/mol. The predicted molar refractivity (Wildman–Crippen MR) is 66.4 cm³/mol. The van der Waals surface area contributed by atoms with Crippen molar-refractivity contribution < 1.29 is 9.53 Å². The van der Waals surface area contributed by atoms with E-state index in [9.17, 15) is 4.79 Å². The van der Waals surface area contributed by atoms with Gasteiger partial charge in [0.15, 0.2) is 0 Å². The minimum absolute atomic E-state index is 0.0646. The van der Waals surface area contributed by atoms with Crippen LogP contribution in [-0.4, -0.2) is 31.7 Å². The molecule has 17 heavy (non-hydrogen) atoms. The Bertz CT molecular complexity index is 279. The van der Waals surface area contributed by atoms with Gasteiger partial charge in [-0.05, 0) is 43.9 Å². The van der Waals surface area contributed by atoms with E-state index in [0.29, 0.717) is 5.92 Å². The van der Waals surface area contributed by atoms with Crippen LogP contribution in [0.1, 0.15) is 32.6 Å². The topological polar surface area (TPSA) is 64.3 Å². The van der Waals surface area contributed by atoms with Gasteiger partial charge >= 0.3 is 0 Å². The molecule has 98 valence electrons. The van der Waals surface area contributed by atoms with Crippen LogP contribution in [0.15, 0.2) is 0 Å². The Hall–Kier alpha value is -0.610. The summed E-state index contributed by atoms with van der Waals surface area (Å²) in [6, 6.07) is 0.252. The van der Waals surface area contributed by atoms with E-state index in [1.54, 1.807) is 0 Å². The zero-order valence-electron chi connectivity index (χ0n) is 10.8. The van der Waals surface area contributed by atoms with Crippen molar-refractivity contribution in [3.05, 3.63) is 0 Å². The van der Waals surface area contributed by atoms with Gasteiger partial charge in [0, 0.05) is 19.7 Å². The van der Waals surface area contributed by atoms with Crippen LogP contribution in [0.5, 0.6) is 0 Å². The first-order chi connectivity index (χ1) is 8.15. The highest BCUT2D eigenvalue weighted by Gasteiger charge is 2.42. The number of fused-ring (bicyclic) bond motifs is 2. The fraction of sp³-hybridized carbons (Fsp3) is 0.923. The zero-order valence-corrected chi connectivity index (χ0v) is 10.8. The molecule has 2 aliphatic carbocycles. The molecule has 0 aliphatic heterocycles. The SMILES string of the molecule is COC(CN)C(=O)NC(C)C1CC2CCC1C2. The average Bonchev–Trinajstić information content (AvgIpc) is 2.92. The smallest absolute Gasteiger partial charge is 0.250 e. The van der Waals surface area contributed by atoms with E-state index in [4.69, 9.17) is 10.5 Å². The first-order valence-corrected chi connectivity index (χ1v) is 6.69. The molecule has 0 spiro atoms. The Morgan fingerprint density at radius 2 is 2.24 bits per heavy atom. The maximum absolute atomic E-state index is 11.9. The summed E-state index contributed by atoms with van der Waals surface area (Å²) >= 11 is 0. The van der Waals surface area contributed by atoms with E-state index in [1.165, 1.54) is 32.8 Å². The van der Waals surface area contributed by atoms with Gasteiger partial charge in [0.05, 0.1) is 0 Å². The molecule has 2 rings (SSSR count). The summed E-state index contributed by atoms with van der Waals surface area (Å²) in [7, 11) is 1.53. The van der Waals surface area contributed by atoms with Crippen LogP contribution >= 0.6 is 0 Å². The van der Waals surface area contributed by atoms with Gasteiger partial charge < -0.3 is 15.8 Å². The van der Waals surface area contributed by atoms with Crippen molar-refractivity contribution in [3.8, 4) is 0 Å². The lowest BCUT2D eigenvalue weighted by Gasteiger charge is -2.29. The van der Waals surface area contributed by atoms with Gasteiger partial charge in [-0.15, -0.1) is 0 Å². The summed E-state index contributed by atoms with van der Waals surface area (Å²) in [6.45, 7) is 2.36. The summed E-state index contributed by atoms with van der Waals surface area (Å²) < 4.78 is 5.05. The van der Waals surface area contributed by atoms with Crippen LogP contribution in [0, 0.1) is 17.8 Å². The predicted octanol–water partition coefficient (Wildman–Crippen LogP) is 0.901. The maximum atomic E-state index is 11.9. The van der Waals surface area contributed by atoms with Crippen molar-refractivity contribution in [2.45, 2.75) is 44.8 Å². The maximum Gasteiger partial charge on any atom is 0.250 e. The molecule has 4 nitrogen and oxygen atoms in total. The molecular weight excluding hydrogens is 216 g/mol. The number of methoxy groups -OCH3 is 1. The summed E-state index contributed by atoms with van der Waals surface area (Å²) in [4.78, 5) is 11.9. The largest absolute Gasteiger partial charge is 0.370 e. The Balaban J connectivity index is 1.84. The fourth-order valence-electron chi connectivity index (χ4n) is 3.64. The number of nitrogens with two attached hydrogens (primary N) is 1. The summed E-state index contributed by atoms with van der Waals surface area (Å²) in [5.41, 5.74) is 5.49. The molecule has 3 N–H and O–H groups in total. The first-order valence-electron chi connectivity index (χ1n) is 6.69. The van der Waals surface area contributed by atoms with Crippen molar-refractivity contribution in [1.82, 2.24) is 5.32 Å². The van der Waals surface area contributed by atoms with Gasteiger partial charge in [0.2, 0.25) is 0 Å². The molecular formula is C13H24N2O2. The van der Waals surface area contributed by atoms with E-state index in [-0.39, 0.29) is 18.5 Å². The van der Waals surface area contributed by atoms with Crippen molar-refractivity contribution in [1.29, 1.82) is 0 Å². The fourth-order valence-corrected chi connectivity index (χ4v) is 3.64. The minimum Gasteiger partial charge on any atom is -0.370 e. The Kier molecular flexibility index (Phi) is 4.05. The standard InChI is InChI=1S/C13H24N2O2/c1-8(15-13(16)12(7-14)17-2)11-6-9-3-4-10(11)5-9/h8-12H,3-7,14H2,1-2H3,(H,15,16). The Labute approximate surface area is 103 Å². The molecule has 2 saturated carbocycles. The third-order valence-electron chi connectivity index (χ3n) is 4.60. The van der Waals surface area contributed by atoms with Gasteiger partial charge in [-0.3, -0.25) is 4.79 Å². The van der Waals surface area contributed by atoms with E-state index < -0.39 is 6.10 Å². The summed E-state index contributed by atoms with van der Waals surface area (Å²) in [5, 5.41) is 3.06. The number of rotatable bonds is 5. The molecule has 0 heterocycles. The quantitative estimate of drug-likeness (QED) is 0.750. The number of nitrogens with one attached hydrogen (secondary N) is 1. The molecule has 2 bridgehead atoms. The summed E-state index contributed by atoms with van der Waals surface area (Å²) in [5.74, 6) is 2.34. The molecule has 1 amide bonds. The molecule has 5 atom stereocenters. The Morgan fingerprint density at radius 3 is 2.71 bits per heavy atom. The first kappa shape index (κ1) is 12.8. The van der Waals surface area contributed by atoms with Crippen LogP contribution in [0.25, 0.3) is 0 Å². The number of carbonyl (C=O) groups excluding carboxylic acids is 1. The van der Waals surface area contributed by atoms with Crippen LogP contribution < -0.4 is 11.1 Å². The van der Waals surface area contributed by atoms with Crippen LogP contribution in [-0.2, 0) is 9.53 Å². The van der Waals surface area contributed by atoms with Crippen LogP contribution in [0.4, 0.5) is 0 Å². The van der Waals surface area contributed by atoms with Crippen molar-refractivity contribution in [2.24, 2.45) is 23.5 Å².